The van der Waals surface area contributed by atoms with E-state index in [4.69, 9.17) is 10.5 Å². The lowest BCUT2D eigenvalue weighted by molar-refractivity contribution is 0.0583. The molecule has 0 bridgehead atoms. The Morgan fingerprint density at radius 3 is 2.65 bits per heavy atom. The number of sulfonamides is 1. The maximum Gasteiger partial charge on any atom is 0.254 e. The Labute approximate surface area is 155 Å². The average molecular weight is 381 g/mol. The van der Waals surface area contributed by atoms with Crippen molar-refractivity contribution in [1.82, 2.24) is 9.21 Å². The van der Waals surface area contributed by atoms with Crippen molar-refractivity contribution in [3.05, 3.63) is 29.8 Å². The third kappa shape index (κ3) is 3.93. The fraction of sp³-hybridized carbons (Fsp3) is 0.611. The van der Waals surface area contributed by atoms with Gasteiger partial charge in [0.2, 0.25) is 10.0 Å². The van der Waals surface area contributed by atoms with E-state index in [-0.39, 0.29) is 22.9 Å². The molecule has 0 aromatic heterocycles. The van der Waals surface area contributed by atoms with Crippen LogP contribution in [0, 0.1) is 0 Å². The standard InChI is InChI=1S/C18H27N3O4S/c1-14(19)17-7-2-3-8-21(17)18(22)15-5-4-6-16(13-15)26(23,24)20-9-11-25-12-10-20/h4-6,13-14,17H,2-3,7-12,19H2,1H3. The smallest absolute Gasteiger partial charge is 0.254 e. The van der Waals surface area contributed by atoms with Crippen LogP contribution in [-0.2, 0) is 14.8 Å². The predicted octanol–water partition coefficient (Wildman–Crippen LogP) is 1.05. The van der Waals surface area contributed by atoms with Gasteiger partial charge in [0.05, 0.1) is 18.1 Å². The zero-order valence-electron chi connectivity index (χ0n) is 15.1. The first-order valence-electron chi connectivity index (χ1n) is 9.16. The molecule has 1 amide bonds. The van der Waals surface area contributed by atoms with E-state index in [0.29, 0.717) is 38.4 Å². The predicted molar refractivity (Wildman–Crippen MR) is 98.3 cm³/mol. The fourth-order valence-corrected chi connectivity index (χ4v) is 5.10. The molecule has 0 aliphatic carbocycles. The van der Waals surface area contributed by atoms with Crippen LogP contribution < -0.4 is 5.73 Å². The number of hydrogen-bond acceptors (Lipinski definition) is 5. The number of likely N-dealkylation sites (tertiary alicyclic amines) is 1. The molecule has 0 saturated carbocycles. The van der Waals surface area contributed by atoms with Crippen molar-refractivity contribution in [2.24, 2.45) is 5.73 Å². The number of nitrogens with zero attached hydrogens (tertiary/aromatic N) is 2. The Hall–Kier alpha value is -1.48. The first kappa shape index (κ1) is 19.3. The summed E-state index contributed by atoms with van der Waals surface area (Å²) in [6, 6.07) is 6.22. The lowest BCUT2D eigenvalue weighted by Gasteiger charge is -2.38. The van der Waals surface area contributed by atoms with Crippen LogP contribution in [0.25, 0.3) is 0 Å². The summed E-state index contributed by atoms with van der Waals surface area (Å²) in [5.74, 6) is -0.147. The zero-order chi connectivity index (χ0) is 18.7. The van der Waals surface area contributed by atoms with Gasteiger partial charge < -0.3 is 15.4 Å². The van der Waals surface area contributed by atoms with Crippen molar-refractivity contribution in [3.63, 3.8) is 0 Å². The molecular weight excluding hydrogens is 354 g/mol. The van der Waals surface area contributed by atoms with Crippen LogP contribution in [-0.4, -0.2) is 68.5 Å². The van der Waals surface area contributed by atoms with E-state index < -0.39 is 10.0 Å². The molecular formula is C18H27N3O4S. The number of benzene rings is 1. The van der Waals surface area contributed by atoms with Crippen molar-refractivity contribution in [1.29, 1.82) is 0 Å². The van der Waals surface area contributed by atoms with Crippen LogP contribution in [0.15, 0.2) is 29.2 Å². The van der Waals surface area contributed by atoms with Crippen LogP contribution in [0.2, 0.25) is 0 Å². The highest BCUT2D eigenvalue weighted by Crippen LogP contribution is 2.24. The van der Waals surface area contributed by atoms with Crippen molar-refractivity contribution in [3.8, 4) is 0 Å². The van der Waals surface area contributed by atoms with Crippen molar-refractivity contribution in [2.45, 2.75) is 43.2 Å². The first-order chi connectivity index (χ1) is 12.4. The monoisotopic (exact) mass is 381 g/mol. The number of carbonyl (C=O) groups is 1. The molecule has 7 nitrogen and oxygen atoms in total. The molecule has 0 spiro atoms. The highest BCUT2D eigenvalue weighted by atomic mass is 32.2. The molecule has 26 heavy (non-hydrogen) atoms. The molecule has 2 saturated heterocycles. The molecule has 2 unspecified atom stereocenters. The highest BCUT2D eigenvalue weighted by Gasteiger charge is 2.31. The normalized spacial score (nSPS) is 23.6. The summed E-state index contributed by atoms with van der Waals surface area (Å²) in [6.07, 6.45) is 2.89. The fourth-order valence-electron chi connectivity index (χ4n) is 3.65. The summed E-state index contributed by atoms with van der Waals surface area (Å²) < 4.78 is 32.3. The molecule has 3 rings (SSSR count). The number of nitrogens with two attached hydrogens (primary N) is 1. The first-order valence-corrected chi connectivity index (χ1v) is 10.6. The summed E-state index contributed by atoms with van der Waals surface area (Å²) in [5, 5.41) is 0. The summed E-state index contributed by atoms with van der Waals surface area (Å²) >= 11 is 0. The van der Waals surface area contributed by atoms with Gasteiger partial charge in [-0.2, -0.15) is 4.31 Å². The van der Waals surface area contributed by atoms with Gasteiger partial charge >= 0.3 is 0 Å². The van der Waals surface area contributed by atoms with E-state index in [2.05, 4.69) is 0 Å². The number of carbonyl (C=O) groups excluding carboxylic acids is 1. The summed E-state index contributed by atoms with van der Waals surface area (Å²) in [7, 11) is -3.62. The minimum atomic E-state index is -3.62. The second-order valence-corrected chi connectivity index (χ2v) is 8.90. The molecule has 1 aromatic carbocycles. The lowest BCUT2D eigenvalue weighted by Crippen LogP contribution is -2.51. The van der Waals surface area contributed by atoms with E-state index >= 15 is 0 Å². The molecule has 144 valence electrons. The highest BCUT2D eigenvalue weighted by molar-refractivity contribution is 7.89. The molecule has 2 fully saturated rings. The Kier molecular flexibility index (Phi) is 5.96. The number of morpholine rings is 1. The molecule has 2 heterocycles. The van der Waals surface area contributed by atoms with Gasteiger partial charge in [-0.15, -0.1) is 0 Å². The summed E-state index contributed by atoms with van der Waals surface area (Å²) in [6.45, 7) is 4.02. The van der Waals surface area contributed by atoms with Gasteiger partial charge in [-0.1, -0.05) is 6.07 Å². The van der Waals surface area contributed by atoms with Crippen LogP contribution in [0.1, 0.15) is 36.5 Å². The largest absolute Gasteiger partial charge is 0.379 e. The maximum atomic E-state index is 13.0. The van der Waals surface area contributed by atoms with Crippen LogP contribution >= 0.6 is 0 Å². The van der Waals surface area contributed by atoms with Crippen molar-refractivity contribution < 1.29 is 17.9 Å². The van der Waals surface area contributed by atoms with Crippen LogP contribution in [0.5, 0.6) is 0 Å². The van der Waals surface area contributed by atoms with Crippen molar-refractivity contribution in [2.75, 3.05) is 32.8 Å². The minimum absolute atomic E-state index is 0.00393. The molecule has 0 radical (unpaired) electrons. The molecule has 2 atom stereocenters. The number of hydrogen-bond donors (Lipinski definition) is 1. The van der Waals surface area contributed by atoms with Gasteiger partial charge in [-0.3, -0.25) is 4.79 Å². The maximum absolute atomic E-state index is 13.0. The summed E-state index contributed by atoms with van der Waals surface area (Å²) in [4.78, 5) is 15.0. The zero-order valence-corrected chi connectivity index (χ0v) is 16.0. The van der Waals surface area contributed by atoms with Gasteiger partial charge in [0.25, 0.3) is 5.91 Å². The molecule has 2 aliphatic heterocycles. The van der Waals surface area contributed by atoms with Crippen LogP contribution in [0.4, 0.5) is 0 Å². The lowest BCUT2D eigenvalue weighted by atomic mass is 9.96. The third-order valence-corrected chi connectivity index (χ3v) is 7.00. The number of rotatable bonds is 4. The Morgan fingerprint density at radius 2 is 1.96 bits per heavy atom. The van der Waals surface area contributed by atoms with Gasteiger partial charge in [0.1, 0.15) is 0 Å². The summed E-state index contributed by atoms with van der Waals surface area (Å²) in [5.41, 5.74) is 6.46. The van der Waals surface area contributed by atoms with Crippen LogP contribution in [0.3, 0.4) is 0 Å². The van der Waals surface area contributed by atoms with E-state index in [1.807, 2.05) is 6.92 Å². The molecule has 8 heteroatoms. The van der Waals surface area contributed by atoms with E-state index in [1.54, 1.807) is 23.1 Å². The van der Waals surface area contributed by atoms with Gasteiger partial charge in [0.15, 0.2) is 0 Å². The van der Waals surface area contributed by atoms with E-state index in [0.717, 1.165) is 19.3 Å². The second-order valence-electron chi connectivity index (χ2n) is 6.97. The van der Waals surface area contributed by atoms with Gasteiger partial charge in [0, 0.05) is 37.3 Å². The van der Waals surface area contributed by atoms with E-state index in [1.165, 1.54) is 10.4 Å². The molecule has 2 aliphatic rings. The van der Waals surface area contributed by atoms with Gasteiger partial charge in [-0.25, -0.2) is 8.42 Å². The van der Waals surface area contributed by atoms with E-state index in [9.17, 15) is 13.2 Å². The second kappa shape index (κ2) is 8.04. The average Bonchev–Trinajstić information content (AvgIpc) is 2.68. The number of amides is 1. The van der Waals surface area contributed by atoms with Gasteiger partial charge in [-0.05, 0) is 44.4 Å². The topological polar surface area (TPSA) is 92.9 Å². The molecule has 2 N–H and O–H groups in total. The Balaban J connectivity index is 1.85. The number of ether oxygens (including phenoxy) is 1. The third-order valence-electron chi connectivity index (χ3n) is 5.11. The Bertz CT molecular complexity index is 745. The van der Waals surface area contributed by atoms with Crippen molar-refractivity contribution >= 4 is 15.9 Å². The SMILES string of the molecule is CC(N)C1CCCCN1C(=O)c1cccc(S(=O)(=O)N2CCOCC2)c1. The Morgan fingerprint density at radius 1 is 1.23 bits per heavy atom. The minimum Gasteiger partial charge on any atom is -0.379 e. The number of piperidine rings is 1. The quantitative estimate of drug-likeness (QED) is 0.841. The molecule has 1 aromatic rings.